The van der Waals surface area contributed by atoms with Crippen LogP contribution < -0.4 is 5.73 Å². The van der Waals surface area contributed by atoms with Crippen LogP contribution in [0.25, 0.3) is 0 Å². The Kier molecular flexibility index (Phi) is 6.49. The van der Waals surface area contributed by atoms with Gasteiger partial charge in [0.25, 0.3) is 0 Å². The van der Waals surface area contributed by atoms with Crippen molar-refractivity contribution in [2.75, 3.05) is 19.6 Å². The summed E-state index contributed by atoms with van der Waals surface area (Å²) in [7, 11) is 0. The molecule has 112 valence electrons. The lowest BCUT2D eigenvalue weighted by Gasteiger charge is -2.22. The topological polar surface area (TPSA) is 46.3 Å². The average molecular weight is 362 g/mol. The van der Waals surface area contributed by atoms with E-state index in [1.165, 1.54) is 5.56 Å². The highest BCUT2D eigenvalue weighted by Gasteiger charge is 2.34. The van der Waals surface area contributed by atoms with E-state index < -0.39 is 0 Å². The van der Waals surface area contributed by atoms with Gasteiger partial charge in [0.1, 0.15) is 0 Å². The van der Waals surface area contributed by atoms with Gasteiger partial charge >= 0.3 is 0 Å². The first kappa shape index (κ1) is 17.5. The Bertz CT molecular complexity index is 469. The number of halogens is 2. The molecule has 1 saturated heterocycles. The van der Waals surface area contributed by atoms with Crippen LogP contribution in [0.15, 0.2) is 28.7 Å². The highest BCUT2D eigenvalue weighted by molar-refractivity contribution is 9.10. The number of nitrogens with two attached hydrogens (primary N) is 1. The third-order valence-electron chi connectivity index (χ3n) is 3.92. The third kappa shape index (κ3) is 4.47. The Morgan fingerprint density at radius 2 is 2.25 bits per heavy atom. The molecule has 1 atom stereocenters. The van der Waals surface area contributed by atoms with Gasteiger partial charge in [0, 0.05) is 24.0 Å². The largest absolute Gasteiger partial charge is 0.342 e. The van der Waals surface area contributed by atoms with Gasteiger partial charge in [-0.3, -0.25) is 4.79 Å². The van der Waals surface area contributed by atoms with Gasteiger partial charge in [0.05, 0.1) is 0 Å². The molecule has 5 heteroatoms. The average Bonchev–Trinajstić information content (AvgIpc) is 2.80. The second-order valence-electron chi connectivity index (χ2n) is 5.71. The van der Waals surface area contributed by atoms with Crippen LogP contribution in [0.3, 0.4) is 0 Å². The molecule has 1 heterocycles. The molecule has 0 bridgehead atoms. The molecule has 2 rings (SSSR count). The zero-order chi connectivity index (χ0) is 13.9. The fourth-order valence-electron chi connectivity index (χ4n) is 2.51. The summed E-state index contributed by atoms with van der Waals surface area (Å²) in [5.74, 6) is 0.247. The maximum atomic E-state index is 12.2. The summed E-state index contributed by atoms with van der Waals surface area (Å²) < 4.78 is 1.06. The molecule has 0 saturated carbocycles. The van der Waals surface area contributed by atoms with E-state index in [0.717, 1.165) is 30.4 Å². The fraction of sp³-hybridized carbons (Fsp3) is 0.533. The van der Waals surface area contributed by atoms with E-state index in [2.05, 4.69) is 35.0 Å². The summed E-state index contributed by atoms with van der Waals surface area (Å²) in [6.07, 6.45) is 2.40. The minimum absolute atomic E-state index is 0. The van der Waals surface area contributed by atoms with Crippen molar-refractivity contribution < 1.29 is 4.79 Å². The number of benzene rings is 1. The zero-order valence-electron chi connectivity index (χ0n) is 11.8. The van der Waals surface area contributed by atoms with E-state index in [1.807, 2.05) is 17.0 Å². The summed E-state index contributed by atoms with van der Waals surface area (Å²) in [6, 6.07) is 8.14. The number of nitrogens with zero attached hydrogens (tertiary/aromatic N) is 1. The van der Waals surface area contributed by atoms with E-state index in [9.17, 15) is 4.79 Å². The molecular formula is C15H22BrClN2O. The number of amides is 1. The molecule has 1 amide bonds. The van der Waals surface area contributed by atoms with E-state index in [-0.39, 0.29) is 23.7 Å². The molecule has 0 radical (unpaired) electrons. The SMILES string of the molecule is CC1(CN)CCN(C(=O)CCc2cccc(Br)c2)C1.Cl. The highest BCUT2D eigenvalue weighted by atomic mass is 79.9. The first-order chi connectivity index (χ1) is 9.02. The molecule has 1 aromatic rings. The van der Waals surface area contributed by atoms with Crippen molar-refractivity contribution in [3.63, 3.8) is 0 Å². The molecule has 1 aliphatic heterocycles. The standard InChI is InChI=1S/C15H21BrN2O.ClH/c1-15(10-17)7-8-18(11-15)14(19)6-5-12-3-2-4-13(16)9-12;/h2-4,9H,5-8,10-11,17H2,1H3;1H. The van der Waals surface area contributed by atoms with Crippen molar-refractivity contribution in [2.24, 2.45) is 11.1 Å². The molecule has 20 heavy (non-hydrogen) atoms. The molecule has 2 N–H and O–H groups in total. The van der Waals surface area contributed by atoms with Crippen molar-refractivity contribution in [3.8, 4) is 0 Å². The summed E-state index contributed by atoms with van der Waals surface area (Å²) >= 11 is 3.45. The molecule has 0 aromatic heterocycles. The number of aryl methyl sites for hydroxylation is 1. The zero-order valence-corrected chi connectivity index (χ0v) is 14.2. The predicted molar refractivity (Wildman–Crippen MR) is 88.1 cm³/mol. The normalized spacial score (nSPS) is 21.6. The third-order valence-corrected chi connectivity index (χ3v) is 4.41. The first-order valence-electron chi connectivity index (χ1n) is 6.75. The minimum atomic E-state index is 0. The Labute approximate surface area is 135 Å². The Morgan fingerprint density at radius 1 is 1.50 bits per heavy atom. The fourth-order valence-corrected chi connectivity index (χ4v) is 2.95. The van der Waals surface area contributed by atoms with Gasteiger partial charge in [-0.2, -0.15) is 0 Å². The van der Waals surface area contributed by atoms with Crippen LogP contribution in [0.5, 0.6) is 0 Å². The van der Waals surface area contributed by atoms with Crippen LogP contribution in [-0.2, 0) is 11.2 Å². The summed E-state index contributed by atoms with van der Waals surface area (Å²) in [6.45, 7) is 4.48. The number of likely N-dealkylation sites (tertiary alicyclic amines) is 1. The lowest BCUT2D eigenvalue weighted by Crippen LogP contribution is -2.34. The number of hydrogen-bond donors (Lipinski definition) is 1. The summed E-state index contributed by atoms with van der Waals surface area (Å²) in [5, 5.41) is 0. The molecule has 1 aromatic carbocycles. The number of rotatable bonds is 4. The molecule has 1 fully saturated rings. The maximum Gasteiger partial charge on any atom is 0.222 e. The summed E-state index contributed by atoms with van der Waals surface area (Å²) in [4.78, 5) is 14.1. The Hall–Kier alpha value is -0.580. The van der Waals surface area contributed by atoms with Crippen LogP contribution >= 0.6 is 28.3 Å². The van der Waals surface area contributed by atoms with Crippen LogP contribution in [0, 0.1) is 5.41 Å². The molecular weight excluding hydrogens is 340 g/mol. The Balaban J connectivity index is 0.00000200. The lowest BCUT2D eigenvalue weighted by atomic mass is 9.90. The second-order valence-corrected chi connectivity index (χ2v) is 6.63. The molecule has 1 unspecified atom stereocenters. The van der Waals surface area contributed by atoms with Gasteiger partial charge in [-0.05, 0) is 42.5 Å². The number of hydrogen-bond acceptors (Lipinski definition) is 2. The van der Waals surface area contributed by atoms with Crippen LogP contribution in [-0.4, -0.2) is 30.4 Å². The minimum Gasteiger partial charge on any atom is -0.342 e. The van der Waals surface area contributed by atoms with Crippen molar-refractivity contribution in [2.45, 2.75) is 26.2 Å². The van der Waals surface area contributed by atoms with E-state index in [1.54, 1.807) is 0 Å². The smallest absolute Gasteiger partial charge is 0.222 e. The molecule has 0 aliphatic carbocycles. The molecule has 3 nitrogen and oxygen atoms in total. The summed E-state index contributed by atoms with van der Waals surface area (Å²) in [5.41, 5.74) is 7.08. The molecule has 0 spiro atoms. The maximum absolute atomic E-state index is 12.2. The van der Waals surface area contributed by atoms with Crippen molar-refractivity contribution in [3.05, 3.63) is 34.3 Å². The highest BCUT2D eigenvalue weighted by Crippen LogP contribution is 2.29. The monoisotopic (exact) mass is 360 g/mol. The van der Waals surface area contributed by atoms with Crippen LogP contribution in [0.4, 0.5) is 0 Å². The van der Waals surface area contributed by atoms with Gasteiger partial charge < -0.3 is 10.6 Å². The quantitative estimate of drug-likeness (QED) is 0.896. The number of carbonyl (C=O) groups excluding carboxylic acids is 1. The van der Waals surface area contributed by atoms with E-state index in [0.29, 0.717) is 13.0 Å². The van der Waals surface area contributed by atoms with Gasteiger partial charge in [-0.25, -0.2) is 0 Å². The predicted octanol–water partition coefficient (Wildman–Crippen LogP) is 3.00. The van der Waals surface area contributed by atoms with Crippen molar-refractivity contribution in [1.29, 1.82) is 0 Å². The number of carbonyl (C=O) groups is 1. The van der Waals surface area contributed by atoms with Crippen LogP contribution in [0.2, 0.25) is 0 Å². The lowest BCUT2D eigenvalue weighted by molar-refractivity contribution is -0.130. The van der Waals surface area contributed by atoms with Crippen molar-refractivity contribution >= 4 is 34.2 Å². The Morgan fingerprint density at radius 3 is 2.85 bits per heavy atom. The molecule has 1 aliphatic rings. The van der Waals surface area contributed by atoms with Crippen LogP contribution in [0.1, 0.15) is 25.3 Å². The van der Waals surface area contributed by atoms with Gasteiger partial charge in [-0.1, -0.05) is 35.0 Å². The van der Waals surface area contributed by atoms with E-state index in [4.69, 9.17) is 5.73 Å². The van der Waals surface area contributed by atoms with E-state index >= 15 is 0 Å². The van der Waals surface area contributed by atoms with Gasteiger partial charge in [0.2, 0.25) is 5.91 Å². The second kappa shape index (κ2) is 7.43. The van der Waals surface area contributed by atoms with Gasteiger partial charge in [-0.15, -0.1) is 12.4 Å². The van der Waals surface area contributed by atoms with Gasteiger partial charge in [0.15, 0.2) is 0 Å². The van der Waals surface area contributed by atoms with Crippen molar-refractivity contribution in [1.82, 2.24) is 4.90 Å². The first-order valence-corrected chi connectivity index (χ1v) is 7.54.